The van der Waals surface area contributed by atoms with Crippen molar-refractivity contribution in [1.29, 1.82) is 0 Å². The van der Waals surface area contributed by atoms with Gasteiger partial charge < -0.3 is 21.3 Å². The van der Waals surface area contributed by atoms with E-state index in [9.17, 15) is 9.59 Å². The number of piperazine rings is 2. The van der Waals surface area contributed by atoms with E-state index in [1.165, 1.54) is 0 Å². The van der Waals surface area contributed by atoms with Crippen LogP contribution in [0.25, 0.3) is 0 Å². The number of hydrogen-bond acceptors (Lipinski definition) is 4. The van der Waals surface area contributed by atoms with Gasteiger partial charge in [0.1, 0.15) is 6.04 Å². The number of nitrogens with one attached hydrogen (secondary N) is 4. The Hall–Kier alpha value is -1.14. The van der Waals surface area contributed by atoms with Crippen LogP contribution in [0.4, 0.5) is 0 Å². The van der Waals surface area contributed by atoms with E-state index in [0.717, 1.165) is 25.6 Å². The van der Waals surface area contributed by atoms with Crippen molar-refractivity contribution in [2.24, 2.45) is 11.8 Å². The smallest absolute Gasteiger partial charge is 0.243 e. The Labute approximate surface area is 121 Å². The quantitative estimate of drug-likeness (QED) is 0.549. The molecule has 0 radical (unpaired) electrons. The van der Waals surface area contributed by atoms with Crippen molar-refractivity contribution in [3.8, 4) is 0 Å². The lowest BCUT2D eigenvalue weighted by Crippen LogP contribution is -2.58. The molecule has 2 atom stereocenters. The molecule has 0 aromatic heterocycles. The van der Waals surface area contributed by atoms with Crippen molar-refractivity contribution in [3.05, 3.63) is 0 Å². The molecule has 0 saturated carbocycles. The van der Waals surface area contributed by atoms with Crippen LogP contribution in [0.5, 0.6) is 0 Å². The van der Waals surface area contributed by atoms with E-state index in [0.29, 0.717) is 6.04 Å². The fourth-order valence-corrected chi connectivity index (χ4v) is 2.18. The van der Waals surface area contributed by atoms with Gasteiger partial charge in [-0.1, -0.05) is 27.7 Å². The zero-order chi connectivity index (χ0) is 15.1. The molecule has 4 N–H and O–H groups in total. The van der Waals surface area contributed by atoms with E-state index >= 15 is 0 Å². The molecule has 116 valence electrons. The minimum absolute atomic E-state index is 0.0837. The molecule has 0 aromatic rings. The highest BCUT2D eigenvalue weighted by Gasteiger charge is 2.27. The molecule has 0 aliphatic carbocycles. The van der Waals surface area contributed by atoms with Crippen molar-refractivity contribution in [2.75, 3.05) is 26.2 Å². The third kappa shape index (κ3) is 5.46. The van der Waals surface area contributed by atoms with E-state index in [1.54, 1.807) is 0 Å². The SMILES string of the molecule is CC(C)[C@@H]1CNCCN1.CC(C)[C@H]1NC(=O)CNC1=O. The predicted octanol–water partition coefficient (Wildman–Crippen LogP) is -0.539. The van der Waals surface area contributed by atoms with Gasteiger partial charge in [0.25, 0.3) is 0 Å². The predicted molar refractivity (Wildman–Crippen MR) is 79.3 cm³/mol. The van der Waals surface area contributed by atoms with E-state index in [1.807, 2.05) is 13.8 Å². The summed E-state index contributed by atoms with van der Waals surface area (Å²) in [5.41, 5.74) is 0. The maximum Gasteiger partial charge on any atom is 0.243 e. The van der Waals surface area contributed by atoms with Gasteiger partial charge in [-0.3, -0.25) is 9.59 Å². The summed E-state index contributed by atoms with van der Waals surface area (Å²) in [5, 5.41) is 11.9. The van der Waals surface area contributed by atoms with Gasteiger partial charge in [0.2, 0.25) is 11.8 Å². The zero-order valence-electron chi connectivity index (χ0n) is 13.0. The Morgan fingerprint density at radius 1 is 1.05 bits per heavy atom. The average Bonchev–Trinajstić information content (AvgIpc) is 2.43. The minimum Gasteiger partial charge on any atom is -0.345 e. The summed E-state index contributed by atoms with van der Waals surface area (Å²) in [5.74, 6) is 0.722. The van der Waals surface area contributed by atoms with Gasteiger partial charge in [0.15, 0.2) is 0 Å². The van der Waals surface area contributed by atoms with Crippen LogP contribution in [-0.4, -0.2) is 50.1 Å². The summed E-state index contributed by atoms with van der Waals surface area (Å²) in [6.07, 6.45) is 0. The Bertz CT molecular complexity index is 325. The van der Waals surface area contributed by atoms with Gasteiger partial charge in [-0.05, 0) is 11.8 Å². The molecule has 6 heteroatoms. The molecular formula is C14H28N4O2. The highest BCUT2D eigenvalue weighted by molar-refractivity contribution is 5.94. The van der Waals surface area contributed by atoms with Crippen molar-refractivity contribution in [1.82, 2.24) is 21.3 Å². The van der Waals surface area contributed by atoms with Crippen molar-refractivity contribution in [3.63, 3.8) is 0 Å². The maximum atomic E-state index is 11.1. The first-order valence-electron chi connectivity index (χ1n) is 7.43. The van der Waals surface area contributed by atoms with Gasteiger partial charge >= 0.3 is 0 Å². The molecule has 20 heavy (non-hydrogen) atoms. The molecular weight excluding hydrogens is 256 g/mol. The van der Waals surface area contributed by atoms with E-state index < -0.39 is 0 Å². The van der Waals surface area contributed by atoms with Crippen LogP contribution in [-0.2, 0) is 9.59 Å². The maximum absolute atomic E-state index is 11.1. The van der Waals surface area contributed by atoms with Crippen LogP contribution < -0.4 is 21.3 Å². The van der Waals surface area contributed by atoms with E-state index in [2.05, 4.69) is 35.1 Å². The standard InChI is InChI=1S/C7H12N2O2.C7H16N2/c1-4(2)6-7(11)8-3-5(10)9-6;1-6(2)7-5-8-3-4-9-7/h4,6H,3H2,1-2H3,(H,8,11)(H,9,10);6-9H,3-5H2,1-2H3/t6-;7-/m10/s1. The first kappa shape index (κ1) is 16.9. The topological polar surface area (TPSA) is 82.3 Å². The van der Waals surface area contributed by atoms with Crippen LogP contribution in [0, 0.1) is 11.8 Å². The third-order valence-corrected chi connectivity index (χ3v) is 3.57. The largest absolute Gasteiger partial charge is 0.345 e. The number of hydrogen-bond donors (Lipinski definition) is 4. The van der Waals surface area contributed by atoms with Gasteiger partial charge in [0.05, 0.1) is 6.54 Å². The Morgan fingerprint density at radius 2 is 1.75 bits per heavy atom. The fraction of sp³-hybridized carbons (Fsp3) is 0.857. The monoisotopic (exact) mass is 284 g/mol. The van der Waals surface area contributed by atoms with Gasteiger partial charge in [-0.15, -0.1) is 0 Å². The molecule has 2 aliphatic rings. The summed E-state index contributed by atoms with van der Waals surface area (Å²) in [7, 11) is 0. The summed E-state index contributed by atoms with van der Waals surface area (Å²) in [4.78, 5) is 21.9. The number of carbonyl (C=O) groups excluding carboxylic acids is 2. The molecule has 0 spiro atoms. The zero-order valence-corrected chi connectivity index (χ0v) is 13.0. The second-order valence-corrected chi connectivity index (χ2v) is 6.02. The van der Waals surface area contributed by atoms with Crippen LogP contribution in [0.1, 0.15) is 27.7 Å². The van der Waals surface area contributed by atoms with Crippen molar-refractivity contribution < 1.29 is 9.59 Å². The second kappa shape index (κ2) is 8.21. The van der Waals surface area contributed by atoms with Crippen LogP contribution in [0.15, 0.2) is 0 Å². The van der Waals surface area contributed by atoms with Crippen molar-refractivity contribution in [2.45, 2.75) is 39.8 Å². The second-order valence-electron chi connectivity index (χ2n) is 6.02. The summed E-state index contributed by atoms with van der Waals surface area (Å²) >= 11 is 0. The molecule has 2 saturated heterocycles. The molecule has 0 bridgehead atoms. The van der Waals surface area contributed by atoms with Gasteiger partial charge in [0, 0.05) is 25.7 Å². The number of rotatable bonds is 2. The lowest BCUT2D eigenvalue weighted by Gasteiger charge is -2.27. The molecule has 0 unspecified atom stereocenters. The molecule has 0 aromatic carbocycles. The Morgan fingerprint density at radius 3 is 2.15 bits per heavy atom. The first-order valence-corrected chi connectivity index (χ1v) is 7.43. The van der Waals surface area contributed by atoms with Gasteiger partial charge in [-0.2, -0.15) is 0 Å². The molecule has 2 fully saturated rings. The van der Waals surface area contributed by atoms with E-state index in [4.69, 9.17) is 0 Å². The normalized spacial score (nSPS) is 26.7. The van der Waals surface area contributed by atoms with Crippen LogP contribution >= 0.6 is 0 Å². The molecule has 6 nitrogen and oxygen atoms in total. The van der Waals surface area contributed by atoms with Crippen LogP contribution in [0.3, 0.4) is 0 Å². The third-order valence-electron chi connectivity index (χ3n) is 3.57. The molecule has 2 amide bonds. The molecule has 2 aliphatic heterocycles. The molecule has 2 heterocycles. The van der Waals surface area contributed by atoms with Crippen LogP contribution in [0.2, 0.25) is 0 Å². The Kier molecular flexibility index (Phi) is 6.95. The average molecular weight is 284 g/mol. The van der Waals surface area contributed by atoms with Crippen molar-refractivity contribution >= 4 is 11.8 Å². The fourth-order valence-electron chi connectivity index (χ4n) is 2.18. The number of carbonyl (C=O) groups is 2. The highest BCUT2D eigenvalue weighted by atomic mass is 16.2. The lowest BCUT2D eigenvalue weighted by atomic mass is 10.0. The molecule has 2 rings (SSSR count). The number of amides is 2. The lowest BCUT2D eigenvalue weighted by molar-refractivity contribution is -0.134. The summed E-state index contributed by atoms with van der Waals surface area (Å²) in [6.45, 7) is 11.8. The minimum atomic E-state index is -0.351. The Balaban J connectivity index is 0.000000204. The van der Waals surface area contributed by atoms with Gasteiger partial charge in [-0.25, -0.2) is 0 Å². The van der Waals surface area contributed by atoms with E-state index in [-0.39, 0.29) is 30.3 Å². The highest BCUT2D eigenvalue weighted by Crippen LogP contribution is 2.03. The summed E-state index contributed by atoms with van der Waals surface area (Å²) in [6, 6.07) is 0.343. The first-order chi connectivity index (χ1) is 9.41. The summed E-state index contributed by atoms with van der Waals surface area (Å²) < 4.78 is 0.